The number of aliphatic carboxylic acids is 1. The van der Waals surface area contributed by atoms with Crippen LogP contribution in [0, 0.1) is 17.8 Å². The molecule has 1 aliphatic rings. The molecule has 2 N–H and O–H groups in total. The molecular weight excluding hydrogens is 535 g/mol. The Labute approximate surface area is 229 Å². The summed E-state index contributed by atoms with van der Waals surface area (Å²) in [5.74, 6) is -2.66. The van der Waals surface area contributed by atoms with Crippen LogP contribution in [-0.4, -0.2) is 48.5 Å². The summed E-state index contributed by atoms with van der Waals surface area (Å²) in [5, 5.41) is 13.5. The molecule has 0 spiro atoms. The fraction of sp³-hybridized carbons (Fsp3) is 0.481. The van der Waals surface area contributed by atoms with Gasteiger partial charge in [-0.25, -0.2) is 8.42 Å². The molecule has 2 aromatic carbocycles. The smallest absolute Gasteiger partial charge is 0.304 e. The highest BCUT2D eigenvalue weighted by Gasteiger charge is 2.44. The second kappa shape index (κ2) is 12.2. The van der Waals surface area contributed by atoms with E-state index in [-0.39, 0.29) is 41.9 Å². The molecule has 37 heavy (non-hydrogen) atoms. The van der Waals surface area contributed by atoms with E-state index in [0.29, 0.717) is 16.5 Å². The van der Waals surface area contributed by atoms with Gasteiger partial charge in [0.2, 0.25) is 15.9 Å². The molecule has 3 rings (SSSR count). The molecule has 3 unspecified atom stereocenters. The van der Waals surface area contributed by atoms with Gasteiger partial charge in [0.25, 0.3) is 0 Å². The van der Waals surface area contributed by atoms with E-state index in [1.54, 1.807) is 32.2 Å². The predicted molar refractivity (Wildman–Crippen MR) is 146 cm³/mol. The first-order chi connectivity index (χ1) is 17.4. The molecule has 7 nitrogen and oxygen atoms in total. The number of hydrogen-bond acceptors (Lipinski definition) is 4. The van der Waals surface area contributed by atoms with Crippen molar-refractivity contribution in [2.45, 2.75) is 51.6 Å². The summed E-state index contributed by atoms with van der Waals surface area (Å²) >= 11 is 12.4. The van der Waals surface area contributed by atoms with Gasteiger partial charge in [-0.3, -0.25) is 9.59 Å². The number of rotatable bonds is 10. The van der Waals surface area contributed by atoms with Gasteiger partial charge >= 0.3 is 5.97 Å². The zero-order valence-electron chi connectivity index (χ0n) is 21.4. The molecule has 1 fully saturated rings. The molecule has 0 aliphatic carbocycles. The lowest BCUT2D eigenvalue weighted by atomic mass is 9.70. The average Bonchev–Trinajstić information content (AvgIpc) is 2.85. The Hall–Kier alpha value is -2.13. The highest BCUT2D eigenvalue weighted by Crippen LogP contribution is 2.43. The maximum Gasteiger partial charge on any atom is 0.304 e. The molecule has 6 atom stereocenters. The number of amides is 1. The zero-order chi connectivity index (χ0) is 27.5. The Morgan fingerprint density at radius 1 is 1.14 bits per heavy atom. The van der Waals surface area contributed by atoms with Crippen LogP contribution in [0.1, 0.15) is 56.7 Å². The lowest BCUT2D eigenvalue weighted by molar-refractivity contribution is -0.142. The molecule has 202 valence electrons. The SMILES string of the molecule is CCS(=O)(=O)N(C)C(c1ccc(Cl)cc1)C(C)C(C)[C@@H]1NC(=O)[C@@H](CC(=O)O)C[C@@H]1c1cccc(Cl)c1. The van der Waals surface area contributed by atoms with E-state index in [2.05, 4.69) is 5.32 Å². The first-order valence-corrected chi connectivity index (χ1v) is 14.7. The lowest BCUT2D eigenvalue weighted by Gasteiger charge is -2.44. The molecule has 1 amide bonds. The molecule has 0 saturated carbocycles. The largest absolute Gasteiger partial charge is 0.481 e. The number of carbonyl (C=O) groups is 2. The summed E-state index contributed by atoms with van der Waals surface area (Å²) in [7, 11) is -1.96. The van der Waals surface area contributed by atoms with E-state index in [0.717, 1.165) is 11.1 Å². The minimum atomic E-state index is -3.54. The third-order valence-electron chi connectivity index (χ3n) is 7.65. The molecule has 0 radical (unpaired) electrons. The summed E-state index contributed by atoms with van der Waals surface area (Å²) < 4.78 is 27.3. The van der Waals surface area contributed by atoms with Gasteiger partial charge in [0.1, 0.15) is 0 Å². The summed E-state index contributed by atoms with van der Waals surface area (Å²) in [4.78, 5) is 24.4. The summed E-state index contributed by atoms with van der Waals surface area (Å²) in [6, 6.07) is 13.6. The molecule has 10 heteroatoms. The number of sulfonamides is 1. The zero-order valence-corrected chi connectivity index (χ0v) is 23.7. The third-order valence-corrected chi connectivity index (χ3v) is 9.97. The van der Waals surface area contributed by atoms with Gasteiger partial charge in [-0.2, -0.15) is 4.31 Å². The van der Waals surface area contributed by atoms with E-state index >= 15 is 0 Å². The average molecular weight is 570 g/mol. The number of halogens is 2. The van der Waals surface area contributed by atoms with Gasteiger partial charge in [-0.15, -0.1) is 0 Å². The van der Waals surface area contributed by atoms with Gasteiger partial charge in [0.05, 0.1) is 18.2 Å². The van der Waals surface area contributed by atoms with Crippen molar-refractivity contribution in [1.82, 2.24) is 9.62 Å². The number of carbonyl (C=O) groups excluding carboxylic acids is 1. The van der Waals surface area contributed by atoms with E-state index in [9.17, 15) is 23.1 Å². The van der Waals surface area contributed by atoms with Crippen LogP contribution in [0.15, 0.2) is 48.5 Å². The molecule has 0 bridgehead atoms. The molecule has 2 aromatic rings. The Morgan fingerprint density at radius 3 is 2.35 bits per heavy atom. The van der Waals surface area contributed by atoms with Crippen molar-refractivity contribution < 1.29 is 23.1 Å². The number of carboxylic acids is 1. The fourth-order valence-electron chi connectivity index (χ4n) is 5.40. The predicted octanol–water partition coefficient (Wildman–Crippen LogP) is 5.35. The van der Waals surface area contributed by atoms with E-state index in [4.69, 9.17) is 23.2 Å². The monoisotopic (exact) mass is 568 g/mol. The van der Waals surface area contributed by atoms with Crippen LogP contribution >= 0.6 is 23.2 Å². The maximum atomic E-state index is 13.0. The first kappa shape index (κ1) is 29.4. The van der Waals surface area contributed by atoms with Crippen molar-refractivity contribution >= 4 is 45.1 Å². The topological polar surface area (TPSA) is 104 Å². The molecule has 0 aromatic heterocycles. The first-order valence-electron chi connectivity index (χ1n) is 12.3. The third kappa shape index (κ3) is 6.85. The van der Waals surface area contributed by atoms with Gasteiger partial charge < -0.3 is 10.4 Å². The summed E-state index contributed by atoms with van der Waals surface area (Å²) in [6.07, 6.45) is 0.0966. The Bertz CT molecular complexity index is 1220. The van der Waals surface area contributed by atoms with Crippen molar-refractivity contribution in [3.05, 3.63) is 69.7 Å². The molecule has 1 aliphatic heterocycles. The lowest BCUT2D eigenvalue weighted by Crippen LogP contribution is -2.54. The summed E-state index contributed by atoms with van der Waals surface area (Å²) in [6.45, 7) is 5.59. The number of benzene rings is 2. The second-order valence-electron chi connectivity index (χ2n) is 9.86. The van der Waals surface area contributed by atoms with Crippen molar-refractivity contribution in [1.29, 1.82) is 0 Å². The van der Waals surface area contributed by atoms with Crippen LogP contribution in [0.2, 0.25) is 10.0 Å². The van der Waals surface area contributed by atoms with Crippen LogP contribution in [-0.2, 0) is 19.6 Å². The molecule has 1 heterocycles. The standard InChI is InChI=1S/C27H34Cl2N2O5S/c1-5-37(35,36)31(4)26(18-9-11-21(28)12-10-18)17(3)16(2)25-23(19-7-6-8-22(29)13-19)14-20(15-24(32)33)27(34)30-25/h6-13,16-17,20,23,25-26H,5,14-15H2,1-4H3,(H,30,34)(H,32,33)/t16?,17?,20-,23-,25+,26?/m1/s1. The van der Waals surface area contributed by atoms with Gasteiger partial charge in [-0.05, 0) is 60.6 Å². The minimum Gasteiger partial charge on any atom is -0.481 e. The minimum absolute atomic E-state index is 0.0448. The highest BCUT2D eigenvalue weighted by molar-refractivity contribution is 7.89. The Kier molecular flexibility index (Phi) is 9.67. The van der Waals surface area contributed by atoms with Crippen molar-refractivity contribution in [2.75, 3.05) is 12.8 Å². The fourth-order valence-corrected chi connectivity index (χ4v) is 6.80. The van der Waals surface area contributed by atoms with Gasteiger partial charge in [0, 0.05) is 35.0 Å². The van der Waals surface area contributed by atoms with Crippen molar-refractivity contribution in [2.24, 2.45) is 17.8 Å². The van der Waals surface area contributed by atoms with Crippen LogP contribution < -0.4 is 5.32 Å². The number of carboxylic acid groups (broad SMARTS) is 1. The normalized spacial score (nSPS) is 22.8. The number of hydrogen-bond donors (Lipinski definition) is 2. The van der Waals surface area contributed by atoms with E-state index < -0.39 is 28.0 Å². The quantitative estimate of drug-likeness (QED) is 0.402. The van der Waals surface area contributed by atoms with Gasteiger partial charge in [-0.1, -0.05) is 61.3 Å². The van der Waals surface area contributed by atoms with Gasteiger partial charge in [0.15, 0.2) is 0 Å². The Morgan fingerprint density at radius 2 is 1.78 bits per heavy atom. The second-order valence-corrected chi connectivity index (χ2v) is 13.0. The summed E-state index contributed by atoms with van der Waals surface area (Å²) in [5.41, 5.74) is 1.71. The molecular formula is C27H34Cl2N2O5S. The highest BCUT2D eigenvalue weighted by atomic mass is 35.5. The van der Waals surface area contributed by atoms with Crippen LogP contribution in [0.5, 0.6) is 0 Å². The van der Waals surface area contributed by atoms with E-state index in [1.165, 1.54) is 4.31 Å². The number of piperidine rings is 1. The van der Waals surface area contributed by atoms with Crippen LogP contribution in [0.4, 0.5) is 0 Å². The van der Waals surface area contributed by atoms with E-state index in [1.807, 2.05) is 44.2 Å². The number of nitrogens with one attached hydrogen (secondary N) is 1. The van der Waals surface area contributed by atoms with Crippen molar-refractivity contribution in [3.8, 4) is 0 Å². The van der Waals surface area contributed by atoms with Crippen LogP contribution in [0.3, 0.4) is 0 Å². The number of nitrogens with zero attached hydrogens (tertiary/aromatic N) is 1. The Balaban J connectivity index is 2.03. The van der Waals surface area contributed by atoms with Crippen molar-refractivity contribution in [3.63, 3.8) is 0 Å². The molecule has 1 saturated heterocycles. The maximum absolute atomic E-state index is 13.0. The van der Waals surface area contributed by atoms with Crippen LogP contribution in [0.25, 0.3) is 0 Å².